The number of nitrogens with two attached hydrogens (primary N) is 1. The largest absolute Gasteiger partial charge is 1.00 e. The molecule has 0 radical (unpaired) electrons. The maximum atomic E-state index is 5.87. The first kappa shape index (κ1) is 13.9. The summed E-state index contributed by atoms with van der Waals surface area (Å²) in [6, 6.07) is 16.5. The first-order valence-corrected chi connectivity index (χ1v) is 7.18. The number of fused-ring (bicyclic) bond motifs is 5. The van der Waals surface area contributed by atoms with Gasteiger partial charge in [0.15, 0.2) is 0 Å². The van der Waals surface area contributed by atoms with Crippen LogP contribution in [0.5, 0.6) is 5.75 Å². The van der Waals surface area contributed by atoms with Gasteiger partial charge < -0.3 is 22.9 Å². The maximum Gasteiger partial charge on any atom is 0.268 e. The summed E-state index contributed by atoms with van der Waals surface area (Å²) in [4.78, 5) is 1.21. The molecule has 0 atom stereocenters. The van der Waals surface area contributed by atoms with E-state index < -0.39 is 0 Å². The van der Waals surface area contributed by atoms with E-state index in [1.807, 2.05) is 18.2 Å². The average Bonchev–Trinajstić information content (AvgIpc) is 2.84. The van der Waals surface area contributed by atoms with Crippen molar-refractivity contribution in [2.75, 3.05) is 12.8 Å². The number of anilines is 1. The Morgan fingerprint density at radius 3 is 2.62 bits per heavy atom. The number of aromatic nitrogens is 1. The number of nitrogen functional groups attached to an aromatic ring is 1. The van der Waals surface area contributed by atoms with Crippen molar-refractivity contribution in [3.63, 3.8) is 0 Å². The third-order valence-corrected chi connectivity index (χ3v) is 4.62. The fraction of sp³-hybridized carbons (Fsp3) is 0.0625. The van der Waals surface area contributed by atoms with Crippen LogP contribution in [0.1, 0.15) is 0 Å². The van der Waals surface area contributed by atoms with E-state index in [-0.39, 0.29) is 12.4 Å². The maximum absolute atomic E-state index is 5.87. The van der Waals surface area contributed by atoms with Gasteiger partial charge in [-0.05, 0) is 24.3 Å². The van der Waals surface area contributed by atoms with Crippen LogP contribution in [0.25, 0.3) is 25.9 Å². The van der Waals surface area contributed by atoms with E-state index in [0.29, 0.717) is 0 Å². The molecule has 0 bridgehead atoms. The molecule has 2 aromatic carbocycles. The third kappa shape index (κ3) is 2.07. The Kier molecular flexibility index (Phi) is 3.35. The number of nitrogens with zero attached hydrogens (tertiary/aromatic N) is 1. The Hall–Kier alpha value is -2.04. The average molecular weight is 317 g/mol. The molecule has 0 spiro atoms. The van der Waals surface area contributed by atoms with E-state index in [4.69, 9.17) is 10.5 Å². The van der Waals surface area contributed by atoms with E-state index >= 15 is 0 Å². The molecule has 0 amide bonds. The van der Waals surface area contributed by atoms with Gasteiger partial charge >= 0.3 is 0 Å². The Morgan fingerprint density at radius 2 is 1.81 bits per heavy atom. The van der Waals surface area contributed by atoms with Crippen LogP contribution < -0.4 is 27.3 Å². The van der Waals surface area contributed by atoms with Crippen LogP contribution in [0, 0.1) is 0 Å². The van der Waals surface area contributed by atoms with Gasteiger partial charge in [0, 0.05) is 35.3 Å². The summed E-state index contributed by atoms with van der Waals surface area (Å²) in [7, 11) is 1.69. The molecule has 0 unspecified atom stereocenters. The van der Waals surface area contributed by atoms with Gasteiger partial charge in [0.05, 0.1) is 7.11 Å². The molecule has 3 nitrogen and oxygen atoms in total. The second-order valence-corrected chi connectivity index (χ2v) is 5.82. The Labute approximate surface area is 132 Å². The fourth-order valence-electron chi connectivity index (χ4n) is 2.59. The molecule has 0 saturated heterocycles. The summed E-state index contributed by atoms with van der Waals surface area (Å²) in [6.45, 7) is 0. The van der Waals surface area contributed by atoms with Gasteiger partial charge in [-0.15, -0.1) is 4.40 Å². The Bertz CT molecular complexity index is 965. The molecule has 106 valence electrons. The number of thiazole rings is 1. The smallest absolute Gasteiger partial charge is 0.268 e. The predicted molar refractivity (Wildman–Crippen MR) is 83.5 cm³/mol. The molecule has 2 N–H and O–H groups in total. The zero-order chi connectivity index (χ0) is 13.7. The number of halogens is 1. The van der Waals surface area contributed by atoms with E-state index in [1.54, 1.807) is 18.4 Å². The zero-order valence-corrected chi connectivity index (χ0v) is 12.9. The summed E-state index contributed by atoms with van der Waals surface area (Å²) < 4.78 is 8.79. The van der Waals surface area contributed by atoms with Crippen LogP contribution in [0.2, 0.25) is 0 Å². The number of hydrogen-bond acceptors (Lipinski definition) is 3. The number of benzene rings is 2. The molecule has 4 aromatic rings. The molecule has 21 heavy (non-hydrogen) atoms. The molecule has 5 heteroatoms. The molecule has 0 aliphatic heterocycles. The summed E-state index contributed by atoms with van der Waals surface area (Å²) >= 11 is 1.76. The van der Waals surface area contributed by atoms with Gasteiger partial charge in [0.25, 0.3) is 4.83 Å². The fourth-order valence-corrected chi connectivity index (χ4v) is 3.68. The molecule has 2 heterocycles. The third-order valence-electron chi connectivity index (χ3n) is 3.54. The van der Waals surface area contributed by atoms with Crippen molar-refractivity contribution in [3.05, 3.63) is 48.5 Å². The number of rotatable bonds is 1. The molecule has 0 aliphatic rings. The van der Waals surface area contributed by atoms with E-state index in [9.17, 15) is 0 Å². The highest BCUT2D eigenvalue weighted by Crippen LogP contribution is 2.28. The second kappa shape index (κ2) is 5.06. The molecular weight excluding hydrogens is 304 g/mol. The molecule has 4 rings (SSSR count). The zero-order valence-electron chi connectivity index (χ0n) is 11.3. The van der Waals surface area contributed by atoms with Crippen molar-refractivity contribution in [1.29, 1.82) is 0 Å². The predicted octanol–water partition coefficient (Wildman–Crippen LogP) is 0.388. The van der Waals surface area contributed by atoms with Gasteiger partial charge in [-0.1, -0.05) is 11.3 Å². The number of hydrogen-bond donors (Lipinski definition) is 1. The van der Waals surface area contributed by atoms with Gasteiger partial charge in [0.2, 0.25) is 11.0 Å². The Morgan fingerprint density at radius 1 is 1.00 bits per heavy atom. The van der Waals surface area contributed by atoms with E-state index in [2.05, 4.69) is 34.7 Å². The Balaban J connectivity index is 0.00000132. The van der Waals surface area contributed by atoms with Crippen molar-refractivity contribution in [1.82, 2.24) is 0 Å². The lowest BCUT2D eigenvalue weighted by Gasteiger charge is -1.97. The molecule has 0 saturated carbocycles. The van der Waals surface area contributed by atoms with Crippen molar-refractivity contribution in [2.24, 2.45) is 0 Å². The van der Waals surface area contributed by atoms with Crippen LogP contribution in [0.4, 0.5) is 5.69 Å². The topological polar surface area (TPSA) is 39.4 Å². The number of pyridine rings is 1. The lowest BCUT2D eigenvalue weighted by Crippen LogP contribution is -3.00. The molecule has 2 aromatic heterocycles. The first-order valence-electron chi connectivity index (χ1n) is 6.37. The van der Waals surface area contributed by atoms with Gasteiger partial charge in [-0.3, -0.25) is 0 Å². The van der Waals surface area contributed by atoms with Gasteiger partial charge in [-0.2, -0.15) is 0 Å². The van der Waals surface area contributed by atoms with Crippen LogP contribution in [0.3, 0.4) is 0 Å². The molecule has 0 fully saturated rings. The molecule has 0 aliphatic carbocycles. The number of ether oxygens (including phenoxy) is 1. The summed E-state index contributed by atoms with van der Waals surface area (Å²) in [5.74, 6) is 0.887. The molecular formula is C16H13ClN2OS. The van der Waals surface area contributed by atoms with Crippen molar-refractivity contribution >= 4 is 43.0 Å². The summed E-state index contributed by atoms with van der Waals surface area (Å²) in [6.07, 6.45) is 0. The lowest BCUT2D eigenvalue weighted by atomic mass is 10.2. The minimum absolute atomic E-state index is 0. The summed E-state index contributed by atoms with van der Waals surface area (Å²) in [5.41, 5.74) is 9.03. The van der Waals surface area contributed by atoms with Crippen LogP contribution in [0.15, 0.2) is 48.5 Å². The first-order chi connectivity index (χ1) is 9.76. The summed E-state index contributed by atoms with van der Waals surface area (Å²) in [5, 5.41) is 1.15. The second-order valence-electron chi connectivity index (χ2n) is 4.76. The minimum Gasteiger partial charge on any atom is -1.00 e. The highest BCUT2D eigenvalue weighted by Gasteiger charge is 2.17. The highest BCUT2D eigenvalue weighted by atomic mass is 35.5. The minimum atomic E-state index is 0. The quantitative estimate of drug-likeness (QED) is 0.407. The van der Waals surface area contributed by atoms with Crippen LogP contribution >= 0.6 is 11.3 Å². The van der Waals surface area contributed by atoms with Gasteiger partial charge in [0.1, 0.15) is 10.4 Å². The normalized spacial score (nSPS) is 10.9. The van der Waals surface area contributed by atoms with Gasteiger partial charge in [-0.25, -0.2) is 0 Å². The standard InChI is InChI=1S/C16H13N2OS.ClH/c1-19-12-4-6-14-15(9-12)20-16-7-2-10-8-11(17)3-5-13(10)18(14)16;/h2-9H,17H2,1H3;1H/q+1;/p-1. The highest BCUT2D eigenvalue weighted by molar-refractivity contribution is 7.23. The number of methoxy groups -OCH3 is 1. The van der Waals surface area contributed by atoms with Crippen LogP contribution in [-0.4, -0.2) is 7.11 Å². The SMILES string of the molecule is COc1ccc2c(c1)sc1ccc3cc(N)ccc3[n+]12.[Cl-]. The van der Waals surface area contributed by atoms with Crippen molar-refractivity contribution in [2.45, 2.75) is 0 Å². The monoisotopic (exact) mass is 316 g/mol. The lowest BCUT2D eigenvalue weighted by molar-refractivity contribution is -0.446. The van der Waals surface area contributed by atoms with E-state index in [0.717, 1.165) is 16.8 Å². The van der Waals surface area contributed by atoms with Crippen LogP contribution in [-0.2, 0) is 0 Å². The van der Waals surface area contributed by atoms with E-state index in [1.165, 1.54) is 20.6 Å². The van der Waals surface area contributed by atoms with Crippen molar-refractivity contribution < 1.29 is 21.5 Å². The van der Waals surface area contributed by atoms with Crippen molar-refractivity contribution in [3.8, 4) is 5.75 Å².